The third-order valence-electron chi connectivity index (χ3n) is 4.38. The molecule has 1 aliphatic heterocycles. The minimum atomic E-state index is -0.277. The molecule has 0 atom stereocenters. The quantitative estimate of drug-likeness (QED) is 0.910. The van der Waals surface area contributed by atoms with Gasteiger partial charge in [-0.1, -0.05) is 30.3 Å². The zero-order valence-corrected chi connectivity index (χ0v) is 13.3. The van der Waals surface area contributed by atoms with Crippen molar-refractivity contribution in [3.05, 3.63) is 64.1 Å². The summed E-state index contributed by atoms with van der Waals surface area (Å²) in [5, 5.41) is 0. The van der Waals surface area contributed by atoms with Crippen LogP contribution in [-0.2, 0) is 6.61 Å². The molecule has 6 heteroatoms. The number of nitrogens with zero attached hydrogens (tertiary/aromatic N) is 2. The molecule has 1 amide bonds. The summed E-state index contributed by atoms with van der Waals surface area (Å²) in [6, 6.07) is 11.0. The third kappa shape index (κ3) is 2.87. The first-order chi connectivity index (χ1) is 11.7. The molecule has 124 valence electrons. The zero-order valence-electron chi connectivity index (χ0n) is 13.3. The van der Waals surface area contributed by atoms with Crippen molar-refractivity contribution in [2.24, 2.45) is 5.92 Å². The Morgan fingerprint density at radius 1 is 1.12 bits per heavy atom. The molecule has 1 N–H and O–H groups in total. The second-order valence-corrected chi connectivity index (χ2v) is 6.29. The van der Waals surface area contributed by atoms with E-state index in [-0.39, 0.29) is 29.4 Å². The van der Waals surface area contributed by atoms with Gasteiger partial charge in [0.25, 0.3) is 5.91 Å². The van der Waals surface area contributed by atoms with Crippen LogP contribution >= 0.6 is 0 Å². The van der Waals surface area contributed by atoms with Gasteiger partial charge in [0, 0.05) is 18.8 Å². The second kappa shape index (κ2) is 6.03. The Kier molecular flexibility index (Phi) is 3.72. The number of ether oxygens (including phenoxy) is 1. The van der Waals surface area contributed by atoms with Crippen LogP contribution in [0.3, 0.4) is 0 Å². The lowest BCUT2D eigenvalue weighted by atomic mass is 10.2. The summed E-state index contributed by atoms with van der Waals surface area (Å²) in [4.78, 5) is 26.8. The highest BCUT2D eigenvalue weighted by molar-refractivity contribution is 5.96. The third-order valence-corrected chi connectivity index (χ3v) is 4.38. The number of carbonyl (C=O) groups is 1. The van der Waals surface area contributed by atoms with Gasteiger partial charge in [0.15, 0.2) is 11.4 Å². The molecule has 4 rings (SSSR count). The maximum atomic E-state index is 12.8. The van der Waals surface area contributed by atoms with Gasteiger partial charge in [-0.3, -0.25) is 14.3 Å². The number of amides is 1. The van der Waals surface area contributed by atoms with Gasteiger partial charge >= 0.3 is 0 Å². The first-order valence-corrected chi connectivity index (χ1v) is 8.18. The molecule has 1 aromatic heterocycles. The van der Waals surface area contributed by atoms with E-state index in [1.807, 2.05) is 30.3 Å². The van der Waals surface area contributed by atoms with Gasteiger partial charge in [-0.2, -0.15) is 0 Å². The predicted molar refractivity (Wildman–Crippen MR) is 89.5 cm³/mol. The average Bonchev–Trinajstić information content (AvgIpc) is 3.42. The normalized spacial score (nSPS) is 16.5. The van der Waals surface area contributed by atoms with Crippen LogP contribution in [0.1, 0.15) is 28.9 Å². The van der Waals surface area contributed by atoms with Crippen LogP contribution in [0.4, 0.5) is 0 Å². The molecule has 1 fully saturated rings. The monoisotopic (exact) mass is 325 g/mol. The smallest absolute Gasteiger partial charge is 0.277 e. The number of nitrogens with one attached hydrogen (secondary N) is 1. The Balaban J connectivity index is 1.62. The van der Waals surface area contributed by atoms with Crippen molar-refractivity contribution in [2.75, 3.05) is 18.6 Å². The number of hydrogen-bond donors (Lipinski definition) is 1. The van der Waals surface area contributed by atoms with Crippen LogP contribution in [0.25, 0.3) is 0 Å². The first-order valence-electron chi connectivity index (χ1n) is 8.18. The molecule has 1 aliphatic carbocycles. The largest absolute Gasteiger partial charge is 0.482 e. The number of rotatable bonds is 5. The van der Waals surface area contributed by atoms with Crippen LogP contribution < -0.4 is 15.6 Å². The maximum Gasteiger partial charge on any atom is 0.277 e. The molecule has 24 heavy (non-hydrogen) atoms. The zero-order chi connectivity index (χ0) is 16.5. The van der Waals surface area contributed by atoms with Crippen molar-refractivity contribution < 1.29 is 9.53 Å². The Bertz CT molecular complexity index is 812. The summed E-state index contributed by atoms with van der Waals surface area (Å²) < 4.78 is 7.33. The molecule has 2 aliphatic rings. The lowest BCUT2D eigenvalue weighted by Crippen LogP contribution is -2.47. The fraction of sp³-hybridized carbons (Fsp3) is 0.333. The lowest BCUT2D eigenvalue weighted by Gasteiger charge is -2.31. The molecule has 1 aromatic carbocycles. The van der Waals surface area contributed by atoms with E-state index in [0.717, 1.165) is 12.1 Å². The molecule has 0 bridgehead atoms. The number of aromatic nitrogens is 1. The highest BCUT2D eigenvalue weighted by atomic mass is 16.5. The fourth-order valence-electron chi connectivity index (χ4n) is 2.86. The Hall–Kier alpha value is -2.76. The molecule has 6 nitrogen and oxygen atoms in total. The van der Waals surface area contributed by atoms with Gasteiger partial charge in [0.2, 0.25) is 5.43 Å². The van der Waals surface area contributed by atoms with Crippen LogP contribution in [-0.4, -0.2) is 28.7 Å². The molecular formula is C18H19N3O3. The minimum Gasteiger partial charge on any atom is -0.482 e. The van der Waals surface area contributed by atoms with Crippen molar-refractivity contribution in [2.45, 2.75) is 19.4 Å². The van der Waals surface area contributed by atoms with Crippen LogP contribution in [0, 0.1) is 5.92 Å². The van der Waals surface area contributed by atoms with Crippen molar-refractivity contribution in [3.8, 4) is 5.75 Å². The van der Waals surface area contributed by atoms with Gasteiger partial charge in [-0.05, 0) is 24.3 Å². The van der Waals surface area contributed by atoms with E-state index in [4.69, 9.17) is 4.74 Å². The lowest BCUT2D eigenvalue weighted by molar-refractivity contribution is 0.0711. The summed E-state index contributed by atoms with van der Waals surface area (Å²) in [7, 11) is 0. The van der Waals surface area contributed by atoms with E-state index in [9.17, 15) is 9.59 Å². The van der Waals surface area contributed by atoms with E-state index >= 15 is 0 Å². The van der Waals surface area contributed by atoms with Crippen molar-refractivity contribution in [1.29, 1.82) is 0 Å². The van der Waals surface area contributed by atoms with Gasteiger partial charge in [0.05, 0.1) is 0 Å². The predicted octanol–water partition coefficient (Wildman–Crippen LogP) is 1.79. The molecule has 0 saturated heterocycles. The standard InChI is InChI=1S/C18H19N3O3/c22-15-8-9-21-16(17(15)24-11-14-4-2-1-3-5-14)18(23)20(12-19-21)10-13-6-7-13/h1-5,8-9,13,19H,6-7,10-12H2. The Morgan fingerprint density at radius 3 is 2.67 bits per heavy atom. The summed E-state index contributed by atoms with van der Waals surface area (Å²) in [5.41, 5.74) is 4.10. The van der Waals surface area contributed by atoms with E-state index < -0.39 is 0 Å². The number of fused-ring (bicyclic) bond motifs is 1. The Labute approximate surface area is 139 Å². The van der Waals surface area contributed by atoms with E-state index in [1.54, 1.807) is 15.8 Å². The van der Waals surface area contributed by atoms with Crippen LogP contribution in [0.2, 0.25) is 0 Å². The number of pyridine rings is 1. The number of hydrogen-bond acceptors (Lipinski definition) is 4. The van der Waals surface area contributed by atoms with Gasteiger partial charge in [0.1, 0.15) is 13.3 Å². The molecule has 0 unspecified atom stereocenters. The Morgan fingerprint density at radius 2 is 1.92 bits per heavy atom. The topological polar surface area (TPSA) is 63.6 Å². The summed E-state index contributed by atoms with van der Waals surface area (Å²) >= 11 is 0. The molecule has 2 heterocycles. The van der Waals surface area contributed by atoms with E-state index in [0.29, 0.717) is 12.6 Å². The minimum absolute atomic E-state index is 0.111. The second-order valence-electron chi connectivity index (χ2n) is 6.29. The molecule has 2 aromatic rings. The molecule has 0 spiro atoms. The van der Waals surface area contributed by atoms with Crippen molar-refractivity contribution in [1.82, 2.24) is 9.58 Å². The number of benzene rings is 1. The summed E-state index contributed by atoms with van der Waals surface area (Å²) in [5.74, 6) is 0.548. The van der Waals surface area contributed by atoms with Crippen molar-refractivity contribution in [3.63, 3.8) is 0 Å². The maximum absolute atomic E-state index is 12.8. The molecule has 1 saturated carbocycles. The fourth-order valence-corrected chi connectivity index (χ4v) is 2.86. The van der Waals surface area contributed by atoms with Gasteiger partial charge < -0.3 is 15.1 Å². The average molecular weight is 325 g/mol. The van der Waals surface area contributed by atoms with Gasteiger partial charge in [-0.15, -0.1) is 0 Å². The van der Waals surface area contributed by atoms with Crippen molar-refractivity contribution >= 4 is 5.91 Å². The molecule has 0 radical (unpaired) electrons. The van der Waals surface area contributed by atoms with E-state index in [1.165, 1.54) is 18.9 Å². The first kappa shape index (κ1) is 14.8. The molecular weight excluding hydrogens is 306 g/mol. The van der Waals surface area contributed by atoms with Crippen LogP contribution in [0.5, 0.6) is 5.75 Å². The summed E-state index contributed by atoms with van der Waals surface area (Å²) in [6.07, 6.45) is 3.92. The van der Waals surface area contributed by atoms with Crippen LogP contribution in [0.15, 0.2) is 47.4 Å². The highest BCUT2D eigenvalue weighted by Crippen LogP contribution is 2.31. The van der Waals surface area contributed by atoms with Gasteiger partial charge in [-0.25, -0.2) is 0 Å². The number of carbonyl (C=O) groups excluding carboxylic acids is 1. The summed E-state index contributed by atoms with van der Waals surface area (Å²) in [6.45, 7) is 1.43. The SMILES string of the molecule is O=C1c2c(OCc3ccccc3)c(=O)ccn2NCN1CC1CC1. The van der Waals surface area contributed by atoms with E-state index in [2.05, 4.69) is 5.43 Å². The highest BCUT2D eigenvalue weighted by Gasteiger charge is 2.33.